The van der Waals surface area contributed by atoms with Crippen LogP contribution in [0.1, 0.15) is 22.8 Å². The van der Waals surface area contributed by atoms with E-state index in [1.807, 2.05) is 67.6 Å². The third kappa shape index (κ3) is 3.89. The number of hydrogen-bond acceptors (Lipinski definition) is 3. The van der Waals surface area contributed by atoms with Crippen LogP contribution < -0.4 is 9.47 Å². The Morgan fingerprint density at radius 3 is 2.52 bits per heavy atom. The summed E-state index contributed by atoms with van der Waals surface area (Å²) in [5.74, 6) is 1.32. The van der Waals surface area contributed by atoms with Crippen LogP contribution in [0, 0.1) is 0 Å². The fourth-order valence-corrected chi connectivity index (χ4v) is 2.68. The highest BCUT2D eigenvalue weighted by atomic mass is 16.5. The molecule has 0 aliphatic rings. The quantitative estimate of drug-likeness (QED) is 0.463. The first-order chi connectivity index (χ1) is 12.2. The van der Waals surface area contributed by atoms with Crippen LogP contribution >= 0.6 is 0 Å². The van der Waals surface area contributed by atoms with Gasteiger partial charge in [0.2, 0.25) is 0 Å². The van der Waals surface area contributed by atoms with Gasteiger partial charge in [-0.25, -0.2) is 0 Å². The van der Waals surface area contributed by atoms with Crippen molar-refractivity contribution in [1.82, 2.24) is 0 Å². The minimum absolute atomic E-state index is 0.0282. The highest BCUT2D eigenvalue weighted by molar-refractivity contribution is 6.08. The van der Waals surface area contributed by atoms with E-state index >= 15 is 0 Å². The Bertz CT molecular complexity index is 925. The molecule has 0 unspecified atom stereocenters. The number of methoxy groups -OCH3 is 1. The molecule has 0 heterocycles. The van der Waals surface area contributed by atoms with Gasteiger partial charge in [0.25, 0.3) is 0 Å². The average Bonchev–Trinajstić information content (AvgIpc) is 2.66. The summed E-state index contributed by atoms with van der Waals surface area (Å²) in [6.45, 7) is 2.48. The molecule has 0 N–H and O–H groups in total. The van der Waals surface area contributed by atoms with Crippen molar-refractivity contribution >= 4 is 22.6 Å². The first kappa shape index (κ1) is 16.8. The van der Waals surface area contributed by atoms with Crippen LogP contribution in [0.5, 0.6) is 11.5 Å². The zero-order chi connectivity index (χ0) is 17.6. The summed E-state index contributed by atoms with van der Waals surface area (Å²) < 4.78 is 10.8. The molecule has 0 aromatic heterocycles. The second-order valence-electron chi connectivity index (χ2n) is 5.60. The highest BCUT2D eigenvalue weighted by Crippen LogP contribution is 2.28. The van der Waals surface area contributed by atoms with E-state index in [0.717, 1.165) is 16.3 Å². The predicted molar refractivity (Wildman–Crippen MR) is 101 cm³/mol. The first-order valence-corrected chi connectivity index (χ1v) is 8.23. The van der Waals surface area contributed by atoms with E-state index in [1.54, 1.807) is 19.3 Å². The van der Waals surface area contributed by atoms with Gasteiger partial charge in [0.1, 0.15) is 0 Å². The SMILES string of the molecule is CCOc1cc(C=CC(=O)c2ccc3ccccc3c2)ccc1OC. The lowest BCUT2D eigenvalue weighted by Crippen LogP contribution is -1.96. The first-order valence-electron chi connectivity index (χ1n) is 8.23. The number of ketones is 1. The van der Waals surface area contributed by atoms with Gasteiger partial charge in [-0.3, -0.25) is 4.79 Å². The fourth-order valence-electron chi connectivity index (χ4n) is 2.68. The van der Waals surface area contributed by atoms with Gasteiger partial charge >= 0.3 is 0 Å². The minimum Gasteiger partial charge on any atom is -0.493 e. The minimum atomic E-state index is -0.0282. The van der Waals surface area contributed by atoms with Crippen molar-refractivity contribution in [2.24, 2.45) is 0 Å². The summed E-state index contributed by atoms with van der Waals surface area (Å²) in [4.78, 5) is 12.5. The normalized spacial score (nSPS) is 11.0. The molecule has 3 nitrogen and oxygen atoms in total. The Morgan fingerprint density at radius 1 is 0.960 bits per heavy atom. The zero-order valence-electron chi connectivity index (χ0n) is 14.4. The van der Waals surface area contributed by atoms with Crippen molar-refractivity contribution in [3.8, 4) is 11.5 Å². The van der Waals surface area contributed by atoms with E-state index in [1.165, 1.54) is 0 Å². The van der Waals surface area contributed by atoms with Crippen LogP contribution in [0.2, 0.25) is 0 Å². The molecule has 0 amide bonds. The molecule has 0 saturated carbocycles. The molecule has 0 fully saturated rings. The molecule has 0 radical (unpaired) electrons. The molecule has 25 heavy (non-hydrogen) atoms. The van der Waals surface area contributed by atoms with E-state index in [0.29, 0.717) is 23.7 Å². The summed E-state index contributed by atoms with van der Waals surface area (Å²) in [6.07, 6.45) is 3.38. The fraction of sp³-hybridized carbons (Fsp3) is 0.136. The van der Waals surface area contributed by atoms with Crippen molar-refractivity contribution < 1.29 is 14.3 Å². The molecule has 0 aliphatic carbocycles. The van der Waals surface area contributed by atoms with Crippen molar-refractivity contribution in [3.05, 3.63) is 77.9 Å². The monoisotopic (exact) mass is 332 g/mol. The summed E-state index contributed by atoms with van der Waals surface area (Å²) in [5, 5.41) is 2.18. The average molecular weight is 332 g/mol. The highest BCUT2D eigenvalue weighted by Gasteiger charge is 2.06. The maximum Gasteiger partial charge on any atom is 0.185 e. The number of benzene rings is 3. The number of rotatable bonds is 6. The number of allylic oxidation sites excluding steroid dienone is 1. The number of fused-ring (bicyclic) bond motifs is 1. The lowest BCUT2D eigenvalue weighted by Gasteiger charge is -2.09. The Labute approximate surface area is 147 Å². The molecular weight excluding hydrogens is 312 g/mol. The topological polar surface area (TPSA) is 35.5 Å². The smallest absolute Gasteiger partial charge is 0.185 e. The van der Waals surface area contributed by atoms with Crippen LogP contribution in [0.3, 0.4) is 0 Å². The molecular formula is C22H20O3. The Balaban J connectivity index is 1.82. The van der Waals surface area contributed by atoms with Crippen LogP contribution in [0.15, 0.2) is 66.7 Å². The van der Waals surface area contributed by atoms with Crippen molar-refractivity contribution in [2.75, 3.05) is 13.7 Å². The van der Waals surface area contributed by atoms with Crippen molar-refractivity contribution in [3.63, 3.8) is 0 Å². The standard InChI is InChI=1S/C22H20O3/c1-3-25-22-14-16(9-13-21(22)24-2)8-12-20(23)19-11-10-17-6-4-5-7-18(17)15-19/h4-15H,3H2,1-2H3. The van der Waals surface area contributed by atoms with E-state index in [2.05, 4.69) is 0 Å². The van der Waals surface area contributed by atoms with Crippen molar-refractivity contribution in [1.29, 1.82) is 0 Å². The molecule has 3 rings (SSSR count). The van der Waals surface area contributed by atoms with Gasteiger partial charge in [-0.2, -0.15) is 0 Å². The van der Waals surface area contributed by atoms with Gasteiger partial charge < -0.3 is 9.47 Å². The van der Waals surface area contributed by atoms with E-state index in [9.17, 15) is 4.79 Å². The molecule has 0 spiro atoms. The summed E-state index contributed by atoms with van der Waals surface area (Å²) >= 11 is 0. The third-order valence-electron chi connectivity index (χ3n) is 3.95. The van der Waals surface area contributed by atoms with Gasteiger partial charge in [-0.05, 0) is 47.5 Å². The lowest BCUT2D eigenvalue weighted by molar-refractivity contribution is 0.104. The summed E-state index contributed by atoms with van der Waals surface area (Å²) in [5.41, 5.74) is 1.56. The molecule has 0 atom stereocenters. The van der Waals surface area contributed by atoms with Gasteiger partial charge in [-0.1, -0.05) is 48.5 Å². The second-order valence-corrected chi connectivity index (χ2v) is 5.60. The van der Waals surface area contributed by atoms with Crippen LogP contribution in [0.4, 0.5) is 0 Å². The van der Waals surface area contributed by atoms with Gasteiger partial charge in [0.05, 0.1) is 13.7 Å². The Hall–Kier alpha value is -3.07. The summed E-state index contributed by atoms with van der Waals surface area (Å²) in [7, 11) is 1.61. The molecule has 0 saturated heterocycles. The lowest BCUT2D eigenvalue weighted by atomic mass is 10.0. The largest absolute Gasteiger partial charge is 0.493 e. The molecule has 126 valence electrons. The van der Waals surface area contributed by atoms with Crippen LogP contribution in [-0.2, 0) is 0 Å². The number of carbonyl (C=O) groups excluding carboxylic acids is 1. The maximum absolute atomic E-state index is 12.5. The number of ether oxygens (including phenoxy) is 2. The zero-order valence-corrected chi connectivity index (χ0v) is 14.4. The van der Waals surface area contributed by atoms with Crippen molar-refractivity contribution in [2.45, 2.75) is 6.92 Å². The third-order valence-corrected chi connectivity index (χ3v) is 3.95. The van der Waals surface area contributed by atoms with Gasteiger partial charge in [0, 0.05) is 5.56 Å². The molecule has 3 aromatic rings. The molecule has 0 aliphatic heterocycles. The van der Waals surface area contributed by atoms with E-state index in [4.69, 9.17) is 9.47 Å². The maximum atomic E-state index is 12.5. The van der Waals surface area contributed by atoms with Crippen LogP contribution in [0.25, 0.3) is 16.8 Å². The second kappa shape index (κ2) is 7.67. The van der Waals surface area contributed by atoms with E-state index in [-0.39, 0.29) is 5.78 Å². The number of hydrogen-bond donors (Lipinski definition) is 0. The predicted octanol–water partition coefficient (Wildman–Crippen LogP) is 5.14. The Kier molecular flexibility index (Phi) is 5.14. The molecule has 3 aromatic carbocycles. The summed E-state index contributed by atoms with van der Waals surface area (Å²) in [6, 6.07) is 19.3. The molecule has 3 heteroatoms. The van der Waals surface area contributed by atoms with Gasteiger partial charge in [0.15, 0.2) is 17.3 Å². The molecule has 0 bridgehead atoms. The number of carbonyl (C=O) groups is 1. The Morgan fingerprint density at radius 2 is 1.76 bits per heavy atom. The van der Waals surface area contributed by atoms with E-state index < -0.39 is 0 Å². The van der Waals surface area contributed by atoms with Crippen LogP contribution in [-0.4, -0.2) is 19.5 Å². The van der Waals surface area contributed by atoms with Gasteiger partial charge in [-0.15, -0.1) is 0 Å².